The van der Waals surface area contributed by atoms with Gasteiger partial charge in [0.25, 0.3) is 11.8 Å². The van der Waals surface area contributed by atoms with Gasteiger partial charge in [0.15, 0.2) is 12.2 Å². The molecule has 0 saturated carbocycles. The number of benzene rings is 2. The third kappa shape index (κ3) is 4.03. The van der Waals surface area contributed by atoms with Crippen LogP contribution in [0.5, 0.6) is 17.2 Å². The summed E-state index contributed by atoms with van der Waals surface area (Å²) in [6, 6.07) is 14.2. The molecule has 28 heavy (non-hydrogen) atoms. The average molecular weight is 384 g/mol. The van der Waals surface area contributed by atoms with Crippen molar-refractivity contribution in [2.24, 2.45) is 0 Å². The summed E-state index contributed by atoms with van der Waals surface area (Å²) in [6.07, 6.45) is -1.50. The Kier molecular flexibility index (Phi) is 5.73. The zero-order valence-electron chi connectivity index (χ0n) is 16.4. The van der Waals surface area contributed by atoms with Crippen molar-refractivity contribution in [3.8, 4) is 17.2 Å². The molecule has 0 bridgehead atoms. The number of rotatable bonds is 5. The van der Waals surface area contributed by atoms with E-state index in [0.717, 1.165) is 0 Å². The first kappa shape index (κ1) is 19.5. The molecule has 0 aliphatic carbocycles. The van der Waals surface area contributed by atoms with Gasteiger partial charge in [0.2, 0.25) is 0 Å². The van der Waals surface area contributed by atoms with Gasteiger partial charge in [0, 0.05) is 14.1 Å². The van der Waals surface area contributed by atoms with E-state index in [1.54, 1.807) is 75.5 Å². The summed E-state index contributed by atoms with van der Waals surface area (Å²) in [5.41, 5.74) is 0.625. The van der Waals surface area contributed by atoms with Crippen molar-refractivity contribution in [1.29, 1.82) is 0 Å². The number of fused-ring (bicyclic) bond motifs is 1. The summed E-state index contributed by atoms with van der Waals surface area (Å²) in [4.78, 5) is 28.6. The van der Waals surface area contributed by atoms with E-state index in [9.17, 15) is 9.59 Å². The monoisotopic (exact) mass is 384 g/mol. The van der Waals surface area contributed by atoms with Crippen molar-refractivity contribution in [2.75, 3.05) is 32.6 Å². The highest BCUT2D eigenvalue weighted by molar-refractivity contribution is 5.99. The Balaban J connectivity index is 1.80. The first-order valence-corrected chi connectivity index (χ1v) is 8.99. The number of carbonyl (C=O) groups is 2. The van der Waals surface area contributed by atoms with E-state index < -0.39 is 12.2 Å². The van der Waals surface area contributed by atoms with Gasteiger partial charge in [0.1, 0.15) is 17.2 Å². The average Bonchev–Trinajstić information content (AvgIpc) is 2.72. The third-order valence-corrected chi connectivity index (χ3v) is 4.48. The summed E-state index contributed by atoms with van der Waals surface area (Å²) < 4.78 is 16.8. The number of hydrogen-bond donors (Lipinski definition) is 0. The summed E-state index contributed by atoms with van der Waals surface area (Å²) in [5.74, 6) is 1.32. The summed E-state index contributed by atoms with van der Waals surface area (Å²) in [7, 11) is 4.91. The quantitative estimate of drug-likeness (QED) is 0.792. The number of ether oxygens (including phenoxy) is 3. The molecule has 0 unspecified atom stereocenters. The van der Waals surface area contributed by atoms with Crippen molar-refractivity contribution >= 4 is 17.5 Å². The van der Waals surface area contributed by atoms with Gasteiger partial charge in [0.05, 0.1) is 19.3 Å². The van der Waals surface area contributed by atoms with Crippen molar-refractivity contribution < 1.29 is 23.8 Å². The number of nitrogens with zero attached hydrogens (tertiary/aromatic N) is 2. The second-order valence-electron chi connectivity index (χ2n) is 6.69. The Hall–Kier alpha value is -3.22. The zero-order valence-corrected chi connectivity index (χ0v) is 16.4. The predicted molar refractivity (Wildman–Crippen MR) is 105 cm³/mol. The largest absolute Gasteiger partial charge is 0.497 e. The van der Waals surface area contributed by atoms with Crippen LogP contribution in [0.2, 0.25) is 0 Å². The van der Waals surface area contributed by atoms with E-state index in [-0.39, 0.29) is 18.4 Å². The summed E-state index contributed by atoms with van der Waals surface area (Å²) in [6.45, 7) is 1.82. The SMILES string of the molecule is COc1ccc(O[C@@H](C)C(=O)N2C[C@H](C(=O)N(C)C)Oc3ccccc32)cc1. The Labute approximate surface area is 164 Å². The molecule has 1 aliphatic heterocycles. The normalized spacial score (nSPS) is 16.4. The minimum absolute atomic E-state index is 0.128. The first-order valence-electron chi connectivity index (χ1n) is 8.99. The van der Waals surface area contributed by atoms with Gasteiger partial charge in [-0.05, 0) is 43.3 Å². The lowest BCUT2D eigenvalue weighted by atomic mass is 10.1. The molecule has 0 aromatic heterocycles. The van der Waals surface area contributed by atoms with Gasteiger partial charge in [-0.15, -0.1) is 0 Å². The smallest absolute Gasteiger partial charge is 0.268 e. The fraction of sp³-hybridized carbons (Fsp3) is 0.333. The third-order valence-electron chi connectivity index (χ3n) is 4.48. The highest BCUT2D eigenvalue weighted by atomic mass is 16.5. The maximum atomic E-state index is 13.1. The van der Waals surface area contributed by atoms with Crippen LogP contribution in [-0.2, 0) is 9.59 Å². The van der Waals surface area contributed by atoms with E-state index in [1.807, 2.05) is 6.07 Å². The highest BCUT2D eigenvalue weighted by Crippen LogP contribution is 2.34. The van der Waals surface area contributed by atoms with Gasteiger partial charge in [-0.2, -0.15) is 0 Å². The Bertz CT molecular complexity index is 850. The van der Waals surface area contributed by atoms with Crippen molar-refractivity contribution in [3.05, 3.63) is 48.5 Å². The van der Waals surface area contributed by atoms with Crippen molar-refractivity contribution in [2.45, 2.75) is 19.1 Å². The summed E-state index contributed by atoms with van der Waals surface area (Å²) in [5, 5.41) is 0. The molecule has 1 heterocycles. The number of methoxy groups -OCH3 is 1. The van der Waals surface area contributed by atoms with E-state index in [4.69, 9.17) is 14.2 Å². The molecule has 0 saturated heterocycles. The minimum Gasteiger partial charge on any atom is -0.497 e. The van der Waals surface area contributed by atoms with E-state index in [2.05, 4.69) is 0 Å². The fourth-order valence-corrected chi connectivity index (χ4v) is 2.99. The molecule has 0 spiro atoms. The minimum atomic E-state index is -0.762. The Morgan fingerprint density at radius 2 is 1.75 bits per heavy atom. The second kappa shape index (κ2) is 8.21. The van der Waals surface area contributed by atoms with Gasteiger partial charge < -0.3 is 24.0 Å². The first-order chi connectivity index (χ1) is 13.4. The van der Waals surface area contributed by atoms with E-state index in [0.29, 0.717) is 22.9 Å². The molecular weight excluding hydrogens is 360 g/mol. The number of hydrogen-bond acceptors (Lipinski definition) is 5. The molecule has 2 aromatic carbocycles. The number of likely N-dealkylation sites (N-methyl/N-ethyl adjacent to an activating group) is 1. The molecule has 0 radical (unpaired) electrons. The van der Waals surface area contributed by atoms with Crippen LogP contribution in [0.25, 0.3) is 0 Å². The number of carbonyl (C=O) groups excluding carboxylic acids is 2. The van der Waals surface area contributed by atoms with Crippen LogP contribution in [0, 0.1) is 0 Å². The van der Waals surface area contributed by atoms with Gasteiger partial charge in [-0.1, -0.05) is 12.1 Å². The van der Waals surface area contributed by atoms with Gasteiger partial charge >= 0.3 is 0 Å². The van der Waals surface area contributed by atoms with Crippen molar-refractivity contribution in [3.63, 3.8) is 0 Å². The van der Waals surface area contributed by atoms with E-state index >= 15 is 0 Å². The molecule has 7 nitrogen and oxygen atoms in total. The molecule has 0 N–H and O–H groups in total. The maximum Gasteiger partial charge on any atom is 0.268 e. The topological polar surface area (TPSA) is 68.3 Å². The van der Waals surface area contributed by atoms with Crippen LogP contribution in [0.4, 0.5) is 5.69 Å². The van der Waals surface area contributed by atoms with E-state index in [1.165, 1.54) is 4.90 Å². The molecule has 0 fully saturated rings. The fourth-order valence-electron chi connectivity index (χ4n) is 2.99. The number of para-hydroxylation sites is 2. The number of amides is 2. The highest BCUT2D eigenvalue weighted by Gasteiger charge is 2.36. The molecular formula is C21H24N2O5. The summed E-state index contributed by atoms with van der Waals surface area (Å²) >= 11 is 0. The molecule has 2 aromatic rings. The van der Waals surface area contributed by atoms with Crippen molar-refractivity contribution in [1.82, 2.24) is 4.90 Å². The van der Waals surface area contributed by atoms with Gasteiger partial charge in [-0.3, -0.25) is 9.59 Å². The molecule has 2 atom stereocenters. The lowest BCUT2D eigenvalue weighted by Crippen LogP contribution is -2.52. The Morgan fingerprint density at radius 1 is 1.11 bits per heavy atom. The lowest BCUT2D eigenvalue weighted by molar-refractivity contribution is -0.136. The van der Waals surface area contributed by atoms with Crippen LogP contribution in [0.15, 0.2) is 48.5 Å². The molecule has 2 amide bonds. The predicted octanol–water partition coefficient (Wildman–Crippen LogP) is 2.34. The molecule has 148 valence electrons. The molecule has 7 heteroatoms. The standard InChI is InChI=1S/C21H24N2O5/c1-14(27-16-11-9-15(26-4)10-12-16)20(24)23-13-19(21(25)22(2)3)28-18-8-6-5-7-17(18)23/h5-12,14,19H,13H2,1-4H3/t14-,19+/m0/s1. The molecule has 3 rings (SSSR count). The lowest BCUT2D eigenvalue weighted by Gasteiger charge is -2.36. The Morgan fingerprint density at radius 3 is 2.39 bits per heavy atom. The zero-order chi connectivity index (χ0) is 20.3. The molecule has 1 aliphatic rings. The number of anilines is 1. The maximum absolute atomic E-state index is 13.1. The van der Waals surface area contributed by atoms with Crippen LogP contribution in [0.3, 0.4) is 0 Å². The van der Waals surface area contributed by atoms with Gasteiger partial charge in [-0.25, -0.2) is 0 Å². The second-order valence-corrected chi connectivity index (χ2v) is 6.69. The van der Waals surface area contributed by atoms with Crippen LogP contribution in [-0.4, -0.2) is 56.7 Å². The van der Waals surface area contributed by atoms with Crippen LogP contribution < -0.4 is 19.1 Å². The van der Waals surface area contributed by atoms with Crippen LogP contribution in [0.1, 0.15) is 6.92 Å². The van der Waals surface area contributed by atoms with Crippen LogP contribution >= 0.6 is 0 Å².